The summed E-state index contributed by atoms with van der Waals surface area (Å²) < 4.78 is 47.6. The van der Waals surface area contributed by atoms with Crippen LogP contribution in [0.2, 0.25) is 0 Å². The van der Waals surface area contributed by atoms with E-state index < -0.39 is 18.1 Å². The number of alkyl halides is 3. The molecule has 0 spiro atoms. The summed E-state index contributed by atoms with van der Waals surface area (Å²) in [5.41, 5.74) is 2.54. The van der Waals surface area contributed by atoms with Crippen LogP contribution in [0.5, 0.6) is 0 Å². The van der Waals surface area contributed by atoms with E-state index in [0.717, 1.165) is 22.0 Å². The first-order chi connectivity index (χ1) is 14.4. The maximum atomic E-state index is 14.0. The number of benzene rings is 2. The minimum Gasteiger partial charge on any atom is -0.431 e. The van der Waals surface area contributed by atoms with Crippen molar-refractivity contribution in [1.82, 2.24) is 14.9 Å². The minimum absolute atomic E-state index is 0.00593. The molecular weight excluding hydrogens is 415 g/mol. The van der Waals surface area contributed by atoms with Crippen molar-refractivity contribution in [3.63, 3.8) is 0 Å². The molecule has 1 N–H and O–H groups in total. The van der Waals surface area contributed by atoms with Gasteiger partial charge in [-0.1, -0.05) is 42.1 Å². The highest BCUT2D eigenvalue weighted by atomic mass is 32.2. The summed E-state index contributed by atoms with van der Waals surface area (Å²) in [4.78, 5) is 20.9. The van der Waals surface area contributed by atoms with Gasteiger partial charge in [0.05, 0.1) is 11.4 Å². The number of oxazole rings is 1. The van der Waals surface area contributed by atoms with E-state index in [1.54, 1.807) is 42.5 Å². The van der Waals surface area contributed by atoms with E-state index in [1.807, 2.05) is 6.07 Å². The molecule has 0 fully saturated rings. The fourth-order valence-corrected chi connectivity index (χ4v) is 4.69. The molecule has 0 saturated carbocycles. The Morgan fingerprint density at radius 3 is 2.77 bits per heavy atom. The predicted molar refractivity (Wildman–Crippen MR) is 107 cm³/mol. The zero-order valence-corrected chi connectivity index (χ0v) is 16.4. The molecule has 0 radical (unpaired) electrons. The number of aromatic amines is 1. The van der Waals surface area contributed by atoms with Crippen molar-refractivity contribution >= 4 is 39.7 Å². The molecule has 9 heteroatoms. The summed E-state index contributed by atoms with van der Waals surface area (Å²) in [6, 6.07) is 12.2. The Hall–Kier alpha value is -2.94. The molecule has 0 bridgehead atoms. The molecule has 30 heavy (non-hydrogen) atoms. The molecular formula is C21H16F3N3O2S. The Kier molecular flexibility index (Phi) is 4.50. The molecule has 1 aliphatic heterocycles. The first-order valence-corrected chi connectivity index (χ1v) is 10.3. The molecule has 0 aliphatic carbocycles. The Morgan fingerprint density at radius 2 is 1.97 bits per heavy atom. The molecule has 0 unspecified atom stereocenters. The van der Waals surface area contributed by atoms with Gasteiger partial charge in [-0.2, -0.15) is 13.2 Å². The minimum atomic E-state index is -4.59. The average molecular weight is 431 g/mol. The Bertz CT molecular complexity index is 1210. The van der Waals surface area contributed by atoms with Crippen LogP contribution in [0.1, 0.15) is 17.3 Å². The molecule has 0 saturated heterocycles. The lowest BCUT2D eigenvalue weighted by Gasteiger charge is -2.36. The first kappa shape index (κ1) is 19.0. The van der Waals surface area contributed by atoms with Gasteiger partial charge in [-0.15, -0.1) is 0 Å². The maximum Gasteiger partial charge on any atom is 0.414 e. The van der Waals surface area contributed by atoms with Crippen LogP contribution in [0.3, 0.4) is 0 Å². The zero-order chi connectivity index (χ0) is 20.9. The summed E-state index contributed by atoms with van der Waals surface area (Å²) in [7, 11) is 0. The number of halogens is 3. The maximum absolute atomic E-state index is 14.0. The van der Waals surface area contributed by atoms with E-state index in [-0.39, 0.29) is 23.2 Å². The SMILES string of the molecule is O=C(CSc1nc2ccccc2o1)N1CCc2c([nH]c3ccccc23)[C@H]1C(F)(F)F. The number of H-pyrrole nitrogens is 1. The highest BCUT2D eigenvalue weighted by Crippen LogP contribution is 2.44. The second-order valence-electron chi connectivity index (χ2n) is 7.08. The monoisotopic (exact) mass is 431 g/mol. The van der Waals surface area contributed by atoms with Gasteiger partial charge < -0.3 is 14.3 Å². The normalized spacial score (nSPS) is 16.9. The van der Waals surface area contributed by atoms with E-state index in [2.05, 4.69) is 9.97 Å². The van der Waals surface area contributed by atoms with E-state index in [4.69, 9.17) is 4.42 Å². The third-order valence-corrected chi connectivity index (χ3v) is 6.07. The van der Waals surface area contributed by atoms with Crippen molar-refractivity contribution in [3.05, 3.63) is 59.8 Å². The molecule has 1 amide bonds. The van der Waals surface area contributed by atoms with E-state index in [9.17, 15) is 18.0 Å². The standard InChI is InChI=1S/C21H16F3N3O2S/c22-21(23,24)19-18-13(12-5-1-2-6-14(12)25-18)9-10-27(19)17(28)11-30-20-26-15-7-3-4-8-16(15)29-20/h1-8,19,25H,9-11H2/t19-/m0/s1. The lowest BCUT2D eigenvalue weighted by Crippen LogP contribution is -2.47. The largest absolute Gasteiger partial charge is 0.431 e. The molecule has 154 valence electrons. The number of nitrogens with one attached hydrogen (secondary N) is 1. The summed E-state index contributed by atoms with van der Waals surface area (Å²) in [5.74, 6) is -0.788. The van der Waals surface area contributed by atoms with Crippen LogP contribution < -0.4 is 0 Å². The summed E-state index contributed by atoms with van der Waals surface area (Å²) in [6.07, 6.45) is -4.22. The summed E-state index contributed by atoms with van der Waals surface area (Å²) in [6.45, 7) is 0.00593. The number of hydrogen-bond donors (Lipinski definition) is 1. The number of amides is 1. The third-order valence-electron chi connectivity index (χ3n) is 5.26. The number of carbonyl (C=O) groups is 1. The number of para-hydroxylation sites is 3. The van der Waals surface area contributed by atoms with Gasteiger partial charge >= 0.3 is 6.18 Å². The average Bonchev–Trinajstić information content (AvgIpc) is 3.31. The van der Waals surface area contributed by atoms with Crippen LogP contribution in [0.4, 0.5) is 13.2 Å². The van der Waals surface area contributed by atoms with Crippen molar-refractivity contribution in [2.75, 3.05) is 12.3 Å². The molecule has 3 heterocycles. The van der Waals surface area contributed by atoms with Gasteiger partial charge in [0.1, 0.15) is 5.52 Å². The lowest BCUT2D eigenvalue weighted by atomic mass is 9.97. The predicted octanol–water partition coefficient (Wildman–Crippen LogP) is 5.09. The van der Waals surface area contributed by atoms with Crippen molar-refractivity contribution in [2.45, 2.75) is 23.9 Å². The fourth-order valence-electron chi connectivity index (χ4n) is 3.97. The van der Waals surface area contributed by atoms with Crippen LogP contribution in [0.15, 0.2) is 58.2 Å². The summed E-state index contributed by atoms with van der Waals surface area (Å²) >= 11 is 1.00. The van der Waals surface area contributed by atoms with Crippen LogP contribution in [-0.4, -0.2) is 39.2 Å². The number of carbonyl (C=O) groups excluding carboxylic acids is 1. The van der Waals surface area contributed by atoms with Gasteiger partial charge in [-0.05, 0) is 30.2 Å². The topological polar surface area (TPSA) is 62.1 Å². The van der Waals surface area contributed by atoms with Crippen LogP contribution >= 0.6 is 11.8 Å². The summed E-state index contributed by atoms with van der Waals surface area (Å²) in [5, 5.41) is 1.03. The Morgan fingerprint density at radius 1 is 1.20 bits per heavy atom. The molecule has 4 aromatic rings. The number of fused-ring (bicyclic) bond motifs is 4. The highest BCUT2D eigenvalue weighted by Gasteiger charge is 2.50. The Balaban J connectivity index is 1.41. The second-order valence-corrected chi connectivity index (χ2v) is 8.01. The van der Waals surface area contributed by atoms with Crippen LogP contribution in [-0.2, 0) is 11.2 Å². The van der Waals surface area contributed by atoms with Gasteiger partial charge in [0.25, 0.3) is 5.22 Å². The van der Waals surface area contributed by atoms with Crippen LogP contribution in [0.25, 0.3) is 22.0 Å². The molecule has 1 aliphatic rings. The van der Waals surface area contributed by atoms with Gasteiger partial charge in [0.15, 0.2) is 11.6 Å². The lowest BCUT2D eigenvalue weighted by molar-refractivity contribution is -0.193. The number of nitrogens with zero attached hydrogens (tertiary/aromatic N) is 2. The van der Waals surface area contributed by atoms with Crippen molar-refractivity contribution in [3.8, 4) is 0 Å². The van der Waals surface area contributed by atoms with Gasteiger partial charge in [0, 0.05) is 17.4 Å². The molecule has 2 aromatic carbocycles. The van der Waals surface area contributed by atoms with Crippen molar-refractivity contribution in [1.29, 1.82) is 0 Å². The number of thioether (sulfide) groups is 1. The van der Waals surface area contributed by atoms with Crippen molar-refractivity contribution < 1.29 is 22.4 Å². The first-order valence-electron chi connectivity index (χ1n) is 9.36. The Labute approximate surface area is 173 Å². The molecule has 5 rings (SSSR count). The number of aromatic nitrogens is 2. The molecule has 5 nitrogen and oxygen atoms in total. The second kappa shape index (κ2) is 7.09. The molecule has 1 atom stereocenters. The van der Waals surface area contributed by atoms with E-state index in [0.29, 0.717) is 28.6 Å². The molecule has 2 aromatic heterocycles. The van der Waals surface area contributed by atoms with E-state index >= 15 is 0 Å². The smallest absolute Gasteiger partial charge is 0.414 e. The third kappa shape index (κ3) is 3.23. The number of rotatable bonds is 3. The highest BCUT2D eigenvalue weighted by molar-refractivity contribution is 7.99. The quantitative estimate of drug-likeness (QED) is 0.459. The van der Waals surface area contributed by atoms with Gasteiger partial charge in [-0.3, -0.25) is 4.79 Å². The van der Waals surface area contributed by atoms with Crippen LogP contribution in [0, 0.1) is 0 Å². The van der Waals surface area contributed by atoms with Crippen molar-refractivity contribution in [2.24, 2.45) is 0 Å². The zero-order valence-electron chi connectivity index (χ0n) is 15.6. The van der Waals surface area contributed by atoms with Gasteiger partial charge in [-0.25, -0.2) is 4.98 Å². The fraction of sp³-hybridized carbons (Fsp3) is 0.238. The van der Waals surface area contributed by atoms with Gasteiger partial charge in [0.2, 0.25) is 5.91 Å². The number of hydrogen-bond acceptors (Lipinski definition) is 4. The van der Waals surface area contributed by atoms with E-state index in [1.165, 1.54) is 0 Å².